The Morgan fingerprint density at radius 3 is 2.65 bits per heavy atom. The lowest BCUT2D eigenvalue weighted by Crippen LogP contribution is -2.28. The van der Waals surface area contributed by atoms with E-state index in [1.165, 1.54) is 5.56 Å². The average molecular weight is 313 g/mol. The van der Waals surface area contributed by atoms with Crippen LogP contribution in [0.2, 0.25) is 0 Å². The summed E-state index contributed by atoms with van der Waals surface area (Å²) in [5.74, 6) is 1.54. The quantitative estimate of drug-likeness (QED) is 0.688. The molecule has 0 aliphatic rings. The highest BCUT2D eigenvalue weighted by atomic mass is 16.5. The monoisotopic (exact) mass is 313 g/mol. The van der Waals surface area contributed by atoms with Crippen LogP contribution in [0, 0.1) is 0 Å². The molecule has 6 nitrogen and oxygen atoms in total. The molecule has 0 aliphatic carbocycles. The van der Waals surface area contributed by atoms with E-state index in [1.54, 1.807) is 18.4 Å². The maximum Gasteiger partial charge on any atom is 0.241 e. The number of hydrogen-bond acceptors (Lipinski definition) is 6. The van der Waals surface area contributed by atoms with Crippen LogP contribution < -0.4 is 0 Å². The Labute approximate surface area is 134 Å². The van der Waals surface area contributed by atoms with Crippen LogP contribution in [0.25, 0.3) is 11.6 Å². The number of hydrogen-bond donors (Lipinski definition) is 1. The molecule has 1 aromatic carbocycles. The van der Waals surface area contributed by atoms with E-state index < -0.39 is 0 Å². The van der Waals surface area contributed by atoms with Gasteiger partial charge in [-0.15, -0.1) is 0 Å². The Morgan fingerprint density at radius 2 is 1.91 bits per heavy atom. The van der Waals surface area contributed by atoms with Gasteiger partial charge in [-0.25, -0.2) is 0 Å². The Balaban J connectivity index is 1.60. The summed E-state index contributed by atoms with van der Waals surface area (Å²) in [4.78, 5) is 6.42. The Kier molecular flexibility index (Phi) is 5.18. The third-order valence-electron chi connectivity index (χ3n) is 3.54. The molecule has 23 heavy (non-hydrogen) atoms. The van der Waals surface area contributed by atoms with Crippen LogP contribution >= 0.6 is 0 Å². The molecule has 0 fully saturated rings. The number of aliphatic hydroxyl groups is 1. The minimum absolute atomic E-state index is 0.0912. The van der Waals surface area contributed by atoms with E-state index >= 15 is 0 Å². The lowest BCUT2D eigenvalue weighted by Gasteiger charge is -2.19. The first kappa shape index (κ1) is 15.5. The molecule has 6 heteroatoms. The molecular formula is C17H19N3O3. The number of furan rings is 1. The maximum absolute atomic E-state index is 9.24. The van der Waals surface area contributed by atoms with Gasteiger partial charge in [0.2, 0.25) is 11.7 Å². The van der Waals surface area contributed by atoms with Gasteiger partial charge < -0.3 is 14.0 Å². The average Bonchev–Trinajstić information content (AvgIpc) is 3.25. The van der Waals surface area contributed by atoms with Crippen molar-refractivity contribution >= 4 is 0 Å². The first-order valence-electron chi connectivity index (χ1n) is 7.59. The highest BCUT2D eigenvalue weighted by Crippen LogP contribution is 2.16. The summed E-state index contributed by atoms with van der Waals surface area (Å²) in [6, 6.07) is 13.8. The first-order chi connectivity index (χ1) is 11.3. The fraction of sp³-hybridized carbons (Fsp3) is 0.294. The predicted octanol–water partition coefficient (Wildman–Crippen LogP) is 2.37. The number of nitrogens with zero attached hydrogens (tertiary/aromatic N) is 3. The second kappa shape index (κ2) is 7.71. The SMILES string of the molecule is OCCN(CCc1ccccc1)Cc1nc(-c2ccco2)no1. The van der Waals surface area contributed by atoms with Crippen LogP contribution in [0.1, 0.15) is 11.5 Å². The molecule has 0 atom stereocenters. The van der Waals surface area contributed by atoms with Crippen LogP contribution in [-0.4, -0.2) is 39.8 Å². The smallest absolute Gasteiger partial charge is 0.241 e. The van der Waals surface area contributed by atoms with Gasteiger partial charge in [-0.3, -0.25) is 4.90 Å². The second-order valence-corrected chi connectivity index (χ2v) is 5.22. The van der Waals surface area contributed by atoms with E-state index in [1.807, 2.05) is 18.2 Å². The summed E-state index contributed by atoms with van der Waals surface area (Å²) >= 11 is 0. The lowest BCUT2D eigenvalue weighted by molar-refractivity contribution is 0.175. The molecule has 0 aliphatic heterocycles. The molecule has 0 amide bonds. The summed E-state index contributed by atoms with van der Waals surface area (Å²) in [5, 5.41) is 13.2. The van der Waals surface area contributed by atoms with Crippen molar-refractivity contribution in [3.63, 3.8) is 0 Å². The van der Waals surface area contributed by atoms with Crippen molar-refractivity contribution < 1.29 is 14.0 Å². The van der Waals surface area contributed by atoms with Crippen molar-refractivity contribution in [2.45, 2.75) is 13.0 Å². The third-order valence-corrected chi connectivity index (χ3v) is 3.54. The first-order valence-corrected chi connectivity index (χ1v) is 7.59. The van der Waals surface area contributed by atoms with Gasteiger partial charge in [-0.05, 0) is 24.1 Å². The van der Waals surface area contributed by atoms with Crippen molar-refractivity contribution in [2.75, 3.05) is 19.7 Å². The van der Waals surface area contributed by atoms with Gasteiger partial charge in [0, 0.05) is 13.1 Å². The number of rotatable bonds is 8. The zero-order valence-electron chi connectivity index (χ0n) is 12.8. The van der Waals surface area contributed by atoms with Gasteiger partial charge in [0.25, 0.3) is 0 Å². The lowest BCUT2D eigenvalue weighted by atomic mass is 10.1. The summed E-state index contributed by atoms with van der Waals surface area (Å²) < 4.78 is 10.5. The van der Waals surface area contributed by atoms with Gasteiger partial charge in [-0.2, -0.15) is 4.98 Å². The summed E-state index contributed by atoms with van der Waals surface area (Å²) in [6.45, 7) is 1.96. The van der Waals surface area contributed by atoms with E-state index in [-0.39, 0.29) is 6.61 Å². The largest absolute Gasteiger partial charge is 0.461 e. The van der Waals surface area contributed by atoms with E-state index in [4.69, 9.17) is 8.94 Å². The van der Waals surface area contributed by atoms with Gasteiger partial charge >= 0.3 is 0 Å². The molecule has 1 N–H and O–H groups in total. The highest BCUT2D eigenvalue weighted by Gasteiger charge is 2.14. The second-order valence-electron chi connectivity index (χ2n) is 5.22. The molecule has 2 heterocycles. The highest BCUT2D eigenvalue weighted by molar-refractivity contribution is 5.44. The maximum atomic E-state index is 9.24. The van der Waals surface area contributed by atoms with Crippen molar-refractivity contribution in [3.05, 3.63) is 60.2 Å². The summed E-state index contributed by atoms with van der Waals surface area (Å²) in [6.07, 6.45) is 2.48. The van der Waals surface area contributed by atoms with E-state index in [0.29, 0.717) is 30.6 Å². The van der Waals surface area contributed by atoms with Gasteiger partial charge in [0.1, 0.15) is 0 Å². The minimum Gasteiger partial charge on any atom is -0.461 e. The number of aromatic nitrogens is 2. The Hall–Kier alpha value is -2.44. The molecule has 3 rings (SSSR count). The summed E-state index contributed by atoms with van der Waals surface area (Å²) in [7, 11) is 0. The zero-order valence-corrected chi connectivity index (χ0v) is 12.8. The van der Waals surface area contributed by atoms with Crippen LogP contribution in [0.5, 0.6) is 0 Å². The van der Waals surface area contributed by atoms with Gasteiger partial charge in [0.15, 0.2) is 5.76 Å². The molecular weight excluding hydrogens is 294 g/mol. The normalized spacial score (nSPS) is 11.2. The molecule has 0 bridgehead atoms. The van der Waals surface area contributed by atoms with E-state index in [2.05, 4.69) is 27.2 Å². The zero-order chi connectivity index (χ0) is 15.9. The van der Waals surface area contributed by atoms with Gasteiger partial charge in [-0.1, -0.05) is 35.5 Å². The number of aliphatic hydroxyl groups excluding tert-OH is 1. The molecule has 0 saturated carbocycles. The molecule has 120 valence electrons. The third kappa shape index (κ3) is 4.28. The predicted molar refractivity (Wildman–Crippen MR) is 84.5 cm³/mol. The number of benzene rings is 1. The molecule has 0 spiro atoms. The molecule has 0 saturated heterocycles. The van der Waals surface area contributed by atoms with Crippen molar-refractivity contribution in [1.29, 1.82) is 0 Å². The Morgan fingerprint density at radius 1 is 1.04 bits per heavy atom. The van der Waals surface area contributed by atoms with Crippen LogP contribution in [0.15, 0.2) is 57.7 Å². The topological polar surface area (TPSA) is 75.5 Å². The Bertz CT molecular complexity index is 695. The van der Waals surface area contributed by atoms with Crippen molar-refractivity contribution in [2.24, 2.45) is 0 Å². The van der Waals surface area contributed by atoms with Crippen LogP contribution in [-0.2, 0) is 13.0 Å². The molecule has 0 radical (unpaired) electrons. The molecule has 3 aromatic rings. The van der Waals surface area contributed by atoms with Crippen LogP contribution in [0.4, 0.5) is 0 Å². The molecule has 2 aromatic heterocycles. The standard InChI is InChI=1S/C17H19N3O3/c21-11-10-20(9-8-14-5-2-1-3-6-14)13-16-18-17(19-23-16)15-7-4-12-22-15/h1-7,12,21H,8-11,13H2. The fourth-order valence-corrected chi connectivity index (χ4v) is 2.36. The van der Waals surface area contributed by atoms with Crippen LogP contribution in [0.3, 0.4) is 0 Å². The minimum atomic E-state index is 0.0912. The van der Waals surface area contributed by atoms with Crippen molar-refractivity contribution in [3.8, 4) is 11.6 Å². The fourth-order valence-electron chi connectivity index (χ4n) is 2.36. The molecule has 0 unspecified atom stereocenters. The van der Waals surface area contributed by atoms with Gasteiger partial charge in [0.05, 0.1) is 19.4 Å². The van der Waals surface area contributed by atoms with Crippen molar-refractivity contribution in [1.82, 2.24) is 15.0 Å². The summed E-state index contributed by atoms with van der Waals surface area (Å²) in [5.41, 5.74) is 1.26. The van der Waals surface area contributed by atoms with E-state index in [0.717, 1.165) is 13.0 Å². The van der Waals surface area contributed by atoms with E-state index in [9.17, 15) is 5.11 Å².